The van der Waals surface area contributed by atoms with Crippen molar-refractivity contribution in [2.45, 2.75) is 24.3 Å². The number of hydrogen-bond acceptors (Lipinski definition) is 4. The van der Waals surface area contributed by atoms with Gasteiger partial charge in [-0.2, -0.15) is 0 Å². The van der Waals surface area contributed by atoms with Crippen LogP contribution in [0, 0.1) is 0 Å². The molecule has 5 nitrogen and oxygen atoms in total. The van der Waals surface area contributed by atoms with E-state index in [4.69, 9.17) is 4.74 Å². The van der Waals surface area contributed by atoms with Gasteiger partial charge in [0.15, 0.2) is 0 Å². The Morgan fingerprint density at radius 1 is 1.37 bits per heavy atom. The predicted molar refractivity (Wildman–Crippen MR) is 73.6 cm³/mol. The molecule has 0 amide bonds. The first kappa shape index (κ1) is 14.5. The second kappa shape index (κ2) is 6.47. The Balaban J connectivity index is 1.96. The highest BCUT2D eigenvalue weighted by Gasteiger charge is 2.18. The van der Waals surface area contributed by atoms with Crippen molar-refractivity contribution < 1.29 is 13.2 Å². The molecule has 2 N–H and O–H groups in total. The maximum Gasteiger partial charge on any atom is 0.240 e. The van der Waals surface area contributed by atoms with Gasteiger partial charge in [0, 0.05) is 19.1 Å². The maximum atomic E-state index is 12.1. The third-order valence-electron chi connectivity index (χ3n) is 3.16. The van der Waals surface area contributed by atoms with Gasteiger partial charge >= 0.3 is 0 Å². The third kappa shape index (κ3) is 4.01. The van der Waals surface area contributed by atoms with Gasteiger partial charge in [0.2, 0.25) is 10.0 Å². The second-order valence-corrected chi connectivity index (χ2v) is 6.34. The van der Waals surface area contributed by atoms with Crippen molar-refractivity contribution in [2.24, 2.45) is 0 Å². The van der Waals surface area contributed by atoms with Crippen molar-refractivity contribution in [1.82, 2.24) is 10.0 Å². The van der Waals surface area contributed by atoms with Crippen LogP contribution in [0.4, 0.5) is 0 Å². The smallest absolute Gasteiger partial charge is 0.240 e. The van der Waals surface area contributed by atoms with Crippen LogP contribution in [0.1, 0.15) is 12.5 Å². The predicted octanol–water partition coefficient (Wildman–Crippen LogP) is 0.516. The van der Waals surface area contributed by atoms with Crippen molar-refractivity contribution in [3.05, 3.63) is 29.8 Å². The van der Waals surface area contributed by atoms with Crippen LogP contribution < -0.4 is 10.0 Å². The van der Waals surface area contributed by atoms with Gasteiger partial charge in [-0.05, 0) is 24.1 Å². The largest absolute Gasteiger partial charge is 0.378 e. The number of benzene rings is 1. The summed E-state index contributed by atoms with van der Waals surface area (Å²) in [6.07, 6.45) is 0.900. The van der Waals surface area contributed by atoms with Crippen molar-refractivity contribution in [1.29, 1.82) is 0 Å². The molecule has 1 fully saturated rings. The van der Waals surface area contributed by atoms with E-state index < -0.39 is 10.0 Å². The van der Waals surface area contributed by atoms with Gasteiger partial charge in [0.25, 0.3) is 0 Å². The molecular formula is C13H20N2O3S. The molecule has 19 heavy (non-hydrogen) atoms. The molecule has 1 unspecified atom stereocenters. The van der Waals surface area contributed by atoms with Gasteiger partial charge in [0.05, 0.1) is 18.1 Å². The van der Waals surface area contributed by atoms with Crippen LogP contribution in [0.3, 0.4) is 0 Å². The average molecular weight is 284 g/mol. The van der Waals surface area contributed by atoms with E-state index in [-0.39, 0.29) is 6.04 Å². The van der Waals surface area contributed by atoms with E-state index in [1.54, 1.807) is 12.1 Å². The Morgan fingerprint density at radius 2 is 2.11 bits per heavy atom. The summed E-state index contributed by atoms with van der Waals surface area (Å²) >= 11 is 0. The summed E-state index contributed by atoms with van der Waals surface area (Å²) < 4.78 is 32.1. The van der Waals surface area contributed by atoms with Gasteiger partial charge in [-0.15, -0.1) is 0 Å². The summed E-state index contributed by atoms with van der Waals surface area (Å²) in [5.41, 5.74) is 1.13. The summed E-state index contributed by atoms with van der Waals surface area (Å²) in [5, 5.41) is 3.21. The zero-order valence-corrected chi connectivity index (χ0v) is 11.9. The van der Waals surface area contributed by atoms with Gasteiger partial charge < -0.3 is 10.1 Å². The van der Waals surface area contributed by atoms with Crippen LogP contribution in [0.2, 0.25) is 0 Å². The minimum Gasteiger partial charge on any atom is -0.378 e. The maximum absolute atomic E-state index is 12.1. The Hall–Kier alpha value is -0.950. The average Bonchev–Trinajstić information content (AvgIpc) is 2.46. The molecule has 1 atom stereocenters. The summed E-state index contributed by atoms with van der Waals surface area (Å²) in [6, 6.07) is 7.02. The highest BCUT2D eigenvalue weighted by atomic mass is 32.2. The van der Waals surface area contributed by atoms with E-state index >= 15 is 0 Å². The molecule has 0 aliphatic carbocycles. The lowest BCUT2D eigenvalue weighted by Gasteiger charge is -2.23. The summed E-state index contributed by atoms with van der Waals surface area (Å²) in [7, 11) is -3.43. The van der Waals surface area contributed by atoms with E-state index in [2.05, 4.69) is 10.0 Å². The fraction of sp³-hybridized carbons (Fsp3) is 0.538. The van der Waals surface area contributed by atoms with Gasteiger partial charge in [-0.1, -0.05) is 19.1 Å². The van der Waals surface area contributed by atoms with Gasteiger partial charge in [0.1, 0.15) is 0 Å². The van der Waals surface area contributed by atoms with E-state index in [1.165, 1.54) is 0 Å². The SMILES string of the molecule is CCc1ccc(S(=O)(=O)NCC2COCCN2)cc1. The molecule has 2 rings (SSSR count). The summed E-state index contributed by atoms with van der Waals surface area (Å²) in [6.45, 7) is 4.37. The van der Waals surface area contributed by atoms with Crippen molar-refractivity contribution in [2.75, 3.05) is 26.3 Å². The first-order chi connectivity index (χ1) is 9.12. The first-order valence-electron chi connectivity index (χ1n) is 6.51. The number of nitrogens with one attached hydrogen (secondary N) is 2. The number of hydrogen-bond donors (Lipinski definition) is 2. The number of morpholine rings is 1. The zero-order chi connectivity index (χ0) is 13.7. The lowest BCUT2D eigenvalue weighted by atomic mass is 10.2. The fourth-order valence-corrected chi connectivity index (χ4v) is 3.03. The molecule has 1 aliphatic rings. The molecule has 106 valence electrons. The van der Waals surface area contributed by atoms with Crippen LogP contribution in [-0.4, -0.2) is 40.8 Å². The van der Waals surface area contributed by atoms with E-state index in [1.807, 2.05) is 19.1 Å². The molecule has 1 heterocycles. The lowest BCUT2D eigenvalue weighted by Crippen LogP contribution is -2.48. The molecule has 6 heteroatoms. The van der Waals surface area contributed by atoms with Crippen LogP contribution in [0.5, 0.6) is 0 Å². The van der Waals surface area contributed by atoms with Gasteiger partial charge in [-0.25, -0.2) is 13.1 Å². The highest BCUT2D eigenvalue weighted by molar-refractivity contribution is 7.89. The molecule has 0 aromatic heterocycles. The molecule has 1 aromatic rings. The Bertz CT molecular complexity index is 493. The van der Waals surface area contributed by atoms with Crippen molar-refractivity contribution in [3.63, 3.8) is 0 Å². The topological polar surface area (TPSA) is 67.4 Å². The first-order valence-corrected chi connectivity index (χ1v) is 8.00. The van der Waals surface area contributed by atoms with E-state index in [0.29, 0.717) is 24.7 Å². The minimum atomic E-state index is -3.43. The molecule has 1 aromatic carbocycles. The van der Waals surface area contributed by atoms with Crippen molar-refractivity contribution in [3.8, 4) is 0 Å². The van der Waals surface area contributed by atoms with Crippen LogP contribution >= 0.6 is 0 Å². The zero-order valence-electron chi connectivity index (χ0n) is 11.1. The molecule has 0 spiro atoms. The molecule has 1 aliphatic heterocycles. The third-order valence-corrected chi connectivity index (χ3v) is 4.60. The van der Waals surface area contributed by atoms with Crippen molar-refractivity contribution >= 4 is 10.0 Å². The number of aryl methyl sites for hydroxylation is 1. The monoisotopic (exact) mass is 284 g/mol. The molecular weight excluding hydrogens is 264 g/mol. The van der Waals surface area contributed by atoms with Crippen LogP contribution in [0.25, 0.3) is 0 Å². The van der Waals surface area contributed by atoms with Crippen LogP contribution in [0.15, 0.2) is 29.2 Å². The lowest BCUT2D eigenvalue weighted by molar-refractivity contribution is 0.0784. The molecule has 0 radical (unpaired) electrons. The fourth-order valence-electron chi connectivity index (χ4n) is 1.95. The van der Waals surface area contributed by atoms with E-state index in [0.717, 1.165) is 18.5 Å². The highest BCUT2D eigenvalue weighted by Crippen LogP contribution is 2.10. The Labute approximate surface area is 114 Å². The number of sulfonamides is 1. The number of ether oxygens (including phenoxy) is 1. The summed E-state index contributed by atoms with van der Waals surface area (Å²) in [5.74, 6) is 0. The number of rotatable bonds is 5. The van der Waals surface area contributed by atoms with E-state index in [9.17, 15) is 8.42 Å². The normalized spacial score (nSPS) is 20.4. The Morgan fingerprint density at radius 3 is 2.68 bits per heavy atom. The van der Waals surface area contributed by atoms with Crippen LogP contribution in [-0.2, 0) is 21.2 Å². The van der Waals surface area contributed by atoms with Gasteiger partial charge in [-0.3, -0.25) is 0 Å². The Kier molecular flexibility index (Phi) is 4.93. The summed E-state index contributed by atoms with van der Waals surface area (Å²) in [4.78, 5) is 0.307. The molecule has 0 bridgehead atoms. The standard InChI is InChI=1S/C13H20N2O3S/c1-2-11-3-5-13(6-4-11)19(16,17)15-9-12-10-18-8-7-14-12/h3-6,12,14-15H,2,7-10H2,1H3. The molecule has 1 saturated heterocycles. The minimum absolute atomic E-state index is 0.0402. The second-order valence-electron chi connectivity index (χ2n) is 4.58. The quantitative estimate of drug-likeness (QED) is 0.827. The molecule has 0 saturated carbocycles.